The number of nitrogens with one attached hydrogen (secondary N) is 1. The van der Waals surface area contributed by atoms with Crippen LogP contribution in [0, 0.1) is 17.2 Å². The van der Waals surface area contributed by atoms with Crippen molar-refractivity contribution in [2.24, 2.45) is 5.92 Å². The monoisotopic (exact) mass is 324 g/mol. The van der Waals surface area contributed by atoms with Crippen LogP contribution in [0.25, 0.3) is 0 Å². The van der Waals surface area contributed by atoms with Crippen molar-refractivity contribution in [3.63, 3.8) is 0 Å². The van der Waals surface area contributed by atoms with Crippen LogP contribution in [0.15, 0.2) is 41.7 Å². The molecular weight excluding hydrogens is 304 g/mol. The zero-order valence-corrected chi connectivity index (χ0v) is 13.7. The van der Waals surface area contributed by atoms with E-state index in [2.05, 4.69) is 22.3 Å². The van der Waals surface area contributed by atoms with Gasteiger partial charge in [-0.25, -0.2) is 0 Å². The number of rotatable bonds is 3. The molecule has 1 N–H and O–H groups in total. The van der Waals surface area contributed by atoms with Crippen LogP contribution >= 0.6 is 0 Å². The molecule has 0 spiro atoms. The molecule has 1 saturated heterocycles. The summed E-state index contributed by atoms with van der Waals surface area (Å²) in [5, 5.41) is 12.2. The van der Waals surface area contributed by atoms with E-state index >= 15 is 0 Å². The SMILES string of the molecule is CCC1C(=O)NC(N2CCN(c3ccccc3)CC2)=C(C#N)C1=O. The molecule has 1 aromatic carbocycles. The number of hydrogen-bond donors (Lipinski definition) is 1. The molecule has 0 radical (unpaired) electrons. The molecule has 1 fully saturated rings. The summed E-state index contributed by atoms with van der Waals surface area (Å²) in [6.45, 7) is 4.63. The second-order valence-corrected chi connectivity index (χ2v) is 5.96. The van der Waals surface area contributed by atoms with E-state index in [-0.39, 0.29) is 17.3 Å². The quantitative estimate of drug-likeness (QED) is 0.847. The van der Waals surface area contributed by atoms with Crippen LogP contribution in [0.1, 0.15) is 13.3 Å². The Labute approximate surface area is 141 Å². The lowest BCUT2D eigenvalue weighted by molar-refractivity contribution is -0.133. The maximum atomic E-state index is 12.4. The van der Waals surface area contributed by atoms with Gasteiger partial charge in [-0.05, 0) is 18.6 Å². The molecule has 24 heavy (non-hydrogen) atoms. The molecule has 6 heteroatoms. The highest BCUT2D eigenvalue weighted by Crippen LogP contribution is 2.23. The van der Waals surface area contributed by atoms with Crippen molar-refractivity contribution in [2.75, 3.05) is 31.1 Å². The number of carbonyl (C=O) groups is 2. The number of benzene rings is 1. The predicted molar refractivity (Wildman–Crippen MR) is 89.8 cm³/mol. The van der Waals surface area contributed by atoms with Crippen molar-refractivity contribution < 1.29 is 9.59 Å². The molecule has 124 valence electrons. The number of anilines is 1. The second-order valence-electron chi connectivity index (χ2n) is 5.96. The van der Waals surface area contributed by atoms with E-state index in [1.165, 1.54) is 0 Å². The molecule has 2 aliphatic rings. The Morgan fingerprint density at radius 3 is 2.33 bits per heavy atom. The molecule has 2 aliphatic heterocycles. The largest absolute Gasteiger partial charge is 0.368 e. The molecule has 1 aromatic rings. The summed E-state index contributed by atoms with van der Waals surface area (Å²) in [5.74, 6) is -1.02. The average molecular weight is 324 g/mol. The summed E-state index contributed by atoms with van der Waals surface area (Å²) in [7, 11) is 0. The average Bonchev–Trinajstić information content (AvgIpc) is 2.62. The first-order valence-corrected chi connectivity index (χ1v) is 8.20. The van der Waals surface area contributed by atoms with Crippen molar-refractivity contribution in [1.82, 2.24) is 10.2 Å². The maximum absolute atomic E-state index is 12.4. The summed E-state index contributed by atoms with van der Waals surface area (Å²) < 4.78 is 0. The number of allylic oxidation sites excluding steroid dienone is 1. The Bertz CT molecular complexity index is 712. The van der Waals surface area contributed by atoms with Crippen molar-refractivity contribution in [3.05, 3.63) is 41.7 Å². The van der Waals surface area contributed by atoms with E-state index < -0.39 is 5.92 Å². The minimum atomic E-state index is -0.742. The van der Waals surface area contributed by atoms with Gasteiger partial charge in [-0.2, -0.15) is 5.26 Å². The van der Waals surface area contributed by atoms with Gasteiger partial charge in [0.15, 0.2) is 5.78 Å². The normalized spacial score (nSPS) is 21.6. The Balaban J connectivity index is 1.77. The van der Waals surface area contributed by atoms with Gasteiger partial charge in [0.05, 0.1) is 0 Å². The highest BCUT2D eigenvalue weighted by molar-refractivity contribution is 6.14. The van der Waals surface area contributed by atoms with Crippen molar-refractivity contribution in [2.45, 2.75) is 13.3 Å². The van der Waals surface area contributed by atoms with Crippen LogP contribution in [0.4, 0.5) is 5.69 Å². The second kappa shape index (κ2) is 6.75. The first-order chi connectivity index (χ1) is 11.7. The summed E-state index contributed by atoms with van der Waals surface area (Å²) >= 11 is 0. The number of carbonyl (C=O) groups excluding carboxylic acids is 2. The third kappa shape index (κ3) is 2.85. The van der Waals surface area contributed by atoms with Crippen LogP contribution in [0.3, 0.4) is 0 Å². The summed E-state index contributed by atoms with van der Waals surface area (Å²) in [5.41, 5.74) is 1.23. The summed E-state index contributed by atoms with van der Waals surface area (Å²) in [4.78, 5) is 28.7. The molecule has 0 saturated carbocycles. The van der Waals surface area contributed by atoms with E-state index in [9.17, 15) is 14.9 Å². The number of para-hydroxylation sites is 1. The van der Waals surface area contributed by atoms with Gasteiger partial charge < -0.3 is 15.1 Å². The van der Waals surface area contributed by atoms with Crippen molar-refractivity contribution >= 4 is 17.4 Å². The minimum Gasteiger partial charge on any atom is -0.368 e. The zero-order valence-electron chi connectivity index (χ0n) is 13.7. The lowest BCUT2D eigenvalue weighted by atomic mass is 9.91. The molecule has 1 unspecified atom stereocenters. The molecule has 0 bridgehead atoms. The van der Waals surface area contributed by atoms with Crippen LogP contribution in [0.5, 0.6) is 0 Å². The predicted octanol–water partition coefficient (Wildman–Crippen LogP) is 1.27. The van der Waals surface area contributed by atoms with Gasteiger partial charge in [-0.3, -0.25) is 9.59 Å². The number of nitriles is 1. The van der Waals surface area contributed by atoms with Gasteiger partial charge in [0.25, 0.3) is 0 Å². The van der Waals surface area contributed by atoms with E-state index in [0.717, 1.165) is 18.8 Å². The number of Topliss-reactive ketones (excluding diaryl/α,β-unsaturated/α-hetero) is 1. The highest BCUT2D eigenvalue weighted by Gasteiger charge is 2.37. The Morgan fingerprint density at radius 2 is 1.75 bits per heavy atom. The third-order valence-corrected chi connectivity index (χ3v) is 4.60. The topological polar surface area (TPSA) is 76.4 Å². The first-order valence-electron chi connectivity index (χ1n) is 8.20. The van der Waals surface area contributed by atoms with Crippen LogP contribution in [-0.4, -0.2) is 42.8 Å². The van der Waals surface area contributed by atoms with E-state index in [4.69, 9.17) is 0 Å². The Morgan fingerprint density at radius 1 is 1.12 bits per heavy atom. The van der Waals surface area contributed by atoms with Gasteiger partial charge in [0.1, 0.15) is 23.4 Å². The van der Waals surface area contributed by atoms with Crippen LogP contribution < -0.4 is 10.2 Å². The van der Waals surface area contributed by atoms with Gasteiger partial charge >= 0.3 is 0 Å². The standard InChI is InChI=1S/C18H20N4O2/c1-2-14-16(23)15(12-19)17(20-18(14)24)22-10-8-21(9-11-22)13-6-4-3-5-7-13/h3-7,14H,2,8-11H2,1H3,(H,20,24). The van der Waals surface area contributed by atoms with Crippen molar-refractivity contribution in [1.29, 1.82) is 5.26 Å². The highest BCUT2D eigenvalue weighted by atomic mass is 16.2. The smallest absolute Gasteiger partial charge is 0.236 e. The third-order valence-electron chi connectivity index (χ3n) is 4.60. The lowest BCUT2D eigenvalue weighted by Gasteiger charge is -2.39. The number of nitrogens with zero attached hydrogens (tertiary/aromatic N) is 3. The Kier molecular flexibility index (Phi) is 4.52. The summed E-state index contributed by atoms with van der Waals surface area (Å²) in [6, 6.07) is 12.1. The molecule has 1 atom stereocenters. The fourth-order valence-electron chi connectivity index (χ4n) is 3.22. The number of piperazine rings is 1. The summed E-state index contributed by atoms with van der Waals surface area (Å²) in [6.07, 6.45) is 0.408. The molecule has 2 heterocycles. The van der Waals surface area contributed by atoms with E-state index in [0.29, 0.717) is 25.3 Å². The Hall–Kier alpha value is -2.81. The number of amides is 1. The molecule has 6 nitrogen and oxygen atoms in total. The van der Waals surface area contributed by atoms with E-state index in [1.54, 1.807) is 6.92 Å². The molecule has 1 amide bonds. The van der Waals surface area contributed by atoms with Gasteiger partial charge in [-0.15, -0.1) is 0 Å². The zero-order chi connectivity index (χ0) is 17.1. The van der Waals surface area contributed by atoms with E-state index in [1.807, 2.05) is 29.2 Å². The minimum absolute atomic E-state index is 0.0783. The number of hydrogen-bond acceptors (Lipinski definition) is 5. The van der Waals surface area contributed by atoms with Gasteiger partial charge in [0, 0.05) is 31.9 Å². The molecular formula is C18H20N4O2. The molecule has 3 rings (SSSR count). The first kappa shape index (κ1) is 16.1. The maximum Gasteiger partial charge on any atom is 0.236 e. The van der Waals surface area contributed by atoms with Crippen LogP contribution in [-0.2, 0) is 9.59 Å². The molecule has 0 aromatic heterocycles. The van der Waals surface area contributed by atoms with Crippen LogP contribution in [0.2, 0.25) is 0 Å². The lowest BCUT2D eigenvalue weighted by Crippen LogP contribution is -2.52. The van der Waals surface area contributed by atoms with Gasteiger partial charge in [0.2, 0.25) is 5.91 Å². The fourth-order valence-corrected chi connectivity index (χ4v) is 3.22. The fraction of sp³-hybridized carbons (Fsp3) is 0.389. The number of ketones is 1. The molecule has 0 aliphatic carbocycles. The van der Waals surface area contributed by atoms with Gasteiger partial charge in [-0.1, -0.05) is 25.1 Å². The van der Waals surface area contributed by atoms with Crippen molar-refractivity contribution in [3.8, 4) is 6.07 Å².